The second-order valence-electron chi connectivity index (χ2n) is 3.54. The molecule has 17 heavy (non-hydrogen) atoms. The van der Waals surface area contributed by atoms with Gasteiger partial charge in [-0.1, -0.05) is 6.07 Å². The molecule has 2 aromatic rings. The summed E-state index contributed by atoms with van der Waals surface area (Å²) in [6.07, 6.45) is 4.80. The molecule has 0 atom stereocenters. The highest BCUT2D eigenvalue weighted by molar-refractivity contribution is 5.92. The van der Waals surface area contributed by atoms with Crippen LogP contribution in [0.2, 0.25) is 0 Å². The van der Waals surface area contributed by atoms with Crippen LogP contribution in [-0.2, 0) is 6.54 Å². The van der Waals surface area contributed by atoms with E-state index < -0.39 is 0 Å². The zero-order chi connectivity index (χ0) is 12.1. The fourth-order valence-electron chi connectivity index (χ4n) is 1.35. The molecule has 0 radical (unpaired) electrons. The zero-order valence-electron chi connectivity index (χ0n) is 9.42. The summed E-state index contributed by atoms with van der Waals surface area (Å²) in [5.74, 6) is -0.209. The highest BCUT2D eigenvalue weighted by Crippen LogP contribution is 1.98. The number of hydrogen-bond donors (Lipinski definition) is 1. The fourth-order valence-corrected chi connectivity index (χ4v) is 1.35. The van der Waals surface area contributed by atoms with E-state index >= 15 is 0 Å². The van der Waals surface area contributed by atoms with Gasteiger partial charge in [0.05, 0.1) is 18.4 Å². The van der Waals surface area contributed by atoms with Crippen LogP contribution in [0, 0.1) is 6.92 Å². The quantitative estimate of drug-likeness (QED) is 0.854. The largest absolute Gasteiger partial charge is 0.345 e. The summed E-state index contributed by atoms with van der Waals surface area (Å²) in [7, 11) is 0. The summed E-state index contributed by atoms with van der Waals surface area (Å²) in [5.41, 5.74) is 1.94. The monoisotopic (exact) mass is 228 g/mol. The molecule has 2 rings (SSSR count). The maximum Gasteiger partial charge on any atom is 0.270 e. The van der Waals surface area contributed by atoms with Gasteiger partial charge in [-0.15, -0.1) is 0 Å². The van der Waals surface area contributed by atoms with Gasteiger partial charge in [-0.05, 0) is 19.1 Å². The number of amides is 1. The lowest BCUT2D eigenvalue weighted by molar-refractivity contribution is 0.0945. The first-order valence-electron chi connectivity index (χ1n) is 5.22. The molecule has 0 aromatic carbocycles. The number of nitrogens with zero attached hydrogens (tertiary/aromatic N) is 3. The smallest absolute Gasteiger partial charge is 0.270 e. The van der Waals surface area contributed by atoms with Gasteiger partial charge in [-0.2, -0.15) is 0 Å². The Hall–Kier alpha value is -2.30. The van der Waals surface area contributed by atoms with E-state index in [2.05, 4.69) is 20.3 Å². The number of carbonyl (C=O) groups excluding carboxylic acids is 1. The lowest BCUT2D eigenvalue weighted by Crippen LogP contribution is -2.24. The van der Waals surface area contributed by atoms with Crippen molar-refractivity contribution in [3.05, 3.63) is 53.9 Å². The number of nitrogens with one attached hydrogen (secondary N) is 1. The molecule has 2 heterocycles. The van der Waals surface area contributed by atoms with E-state index in [-0.39, 0.29) is 5.91 Å². The molecule has 0 aliphatic carbocycles. The molecule has 0 spiro atoms. The Morgan fingerprint density at radius 1 is 1.35 bits per heavy atom. The zero-order valence-corrected chi connectivity index (χ0v) is 9.42. The Bertz CT molecular complexity index is 513. The number of rotatable bonds is 3. The first-order valence-corrected chi connectivity index (χ1v) is 5.22. The Labute approximate surface area is 99.0 Å². The fraction of sp³-hybridized carbons (Fsp3) is 0.167. The highest BCUT2D eigenvalue weighted by atomic mass is 16.1. The molecular weight excluding hydrogens is 216 g/mol. The van der Waals surface area contributed by atoms with Crippen molar-refractivity contribution in [1.29, 1.82) is 0 Å². The van der Waals surface area contributed by atoms with Crippen molar-refractivity contribution in [2.24, 2.45) is 0 Å². The Kier molecular flexibility index (Phi) is 3.40. The molecule has 1 N–H and O–H groups in total. The molecule has 1 amide bonds. The standard InChI is InChI=1S/C12H12N4O/c1-9-3-2-4-11(16-9)12(17)15-8-10-7-13-5-6-14-10/h2-7H,8H2,1H3,(H,15,17). The van der Waals surface area contributed by atoms with Crippen LogP contribution in [-0.4, -0.2) is 20.9 Å². The average molecular weight is 228 g/mol. The van der Waals surface area contributed by atoms with Crippen LogP contribution in [0.4, 0.5) is 0 Å². The van der Waals surface area contributed by atoms with Gasteiger partial charge >= 0.3 is 0 Å². The number of aryl methyl sites for hydroxylation is 1. The van der Waals surface area contributed by atoms with Crippen molar-refractivity contribution >= 4 is 5.91 Å². The number of aromatic nitrogens is 3. The van der Waals surface area contributed by atoms with Crippen LogP contribution in [0.5, 0.6) is 0 Å². The molecule has 5 heteroatoms. The van der Waals surface area contributed by atoms with Gasteiger partial charge in [-0.25, -0.2) is 4.98 Å². The predicted molar refractivity (Wildman–Crippen MR) is 62.2 cm³/mol. The van der Waals surface area contributed by atoms with Crippen LogP contribution in [0.15, 0.2) is 36.8 Å². The summed E-state index contributed by atoms with van der Waals surface area (Å²) >= 11 is 0. The molecule has 2 aromatic heterocycles. The SMILES string of the molecule is Cc1cccc(C(=O)NCc2cnccn2)n1. The third kappa shape index (κ3) is 3.07. The van der Waals surface area contributed by atoms with Gasteiger partial charge in [0.2, 0.25) is 0 Å². The van der Waals surface area contributed by atoms with Gasteiger partial charge < -0.3 is 5.32 Å². The molecule has 0 saturated carbocycles. The topological polar surface area (TPSA) is 67.8 Å². The molecule has 0 fully saturated rings. The summed E-state index contributed by atoms with van der Waals surface area (Å²) in [4.78, 5) is 23.9. The van der Waals surface area contributed by atoms with E-state index in [0.717, 1.165) is 5.69 Å². The molecule has 0 aliphatic heterocycles. The van der Waals surface area contributed by atoms with Gasteiger partial charge in [0.15, 0.2) is 0 Å². The van der Waals surface area contributed by atoms with Crippen LogP contribution in [0.3, 0.4) is 0 Å². The van der Waals surface area contributed by atoms with Crippen molar-refractivity contribution in [1.82, 2.24) is 20.3 Å². The van der Waals surface area contributed by atoms with E-state index in [1.165, 1.54) is 0 Å². The van der Waals surface area contributed by atoms with Crippen molar-refractivity contribution < 1.29 is 4.79 Å². The van der Waals surface area contributed by atoms with Crippen molar-refractivity contribution in [2.45, 2.75) is 13.5 Å². The molecule has 5 nitrogen and oxygen atoms in total. The maximum absolute atomic E-state index is 11.7. The predicted octanol–water partition coefficient (Wildman–Crippen LogP) is 1.11. The van der Waals surface area contributed by atoms with E-state index in [4.69, 9.17) is 0 Å². The highest BCUT2D eigenvalue weighted by Gasteiger charge is 2.06. The lowest BCUT2D eigenvalue weighted by atomic mass is 10.3. The average Bonchev–Trinajstić information content (AvgIpc) is 2.37. The van der Waals surface area contributed by atoms with E-state index in [1.807, 2.05) is 13.0 Å². The first-order chi connectivity index (χ1) is 8.25. The van der Waals surface area contributed by atoms with Crippen LogP contribution in [0.25, 0.3) is 0 Å². The normalized spacial score (nSPS) is 9.94. The third-order valence-corrected chi connectivity index (χ3v) is 2.17. The summed E-state index contributed by atoms with van der Waals surface area (Å²) in [6.45, 7) is 2.20. The second kappa shape index (κ2) is 5.16. The second-order valence-corrected chi connectivity index (χ2v) is 3.54. The molecule has 86 valence electrons. The van der Waals surface area contributed by atoms with E-state index in [0.29, 0.717) is 17.9 Å². The minimum Gasteiger partial charge on any atom is -0.345 e. The van der Waals surface area contributed by atoms with Crippen LogP contribution >= 0.6 is 0 Å². The first kappa shape index (κ1) is 11.2. The summed E-state index contributed by atoms with van der Waals surface area (Å²) in [6, 6.07) is 5.33. The Morgan fingerprint density at radius 2 is 2.24 bits per heavy atom. The van der Waals surface area contributed by atoms with Crippen molar-refractivity contribution in [3.63, 3.8) is 0 Å². The van der Waals surface area contributed by atoms with Crippen LogP contribution in [0.1, 0.15) is 21.9 Å². The molecule has 0 saturated heterocycles. The molecule has 0 unspecified atom stereocenters. The van der Waals surface area contributed by atoms with Gasteiger partial charge in [0.1, 0.15) is 5.69 Å². The third-order valence-electron chi connectivity index (χ3n) is 2.17. The summed E-state index contributed by atoms with van der Waals surface area (Å²) < 4.78 is 0. The van der Waals surface area contributed by atoms with Crippen molar-refractivity contribution in [3.8, 4) is 0 Å². The molecule has 0 aliphatic rings. The lowest BCUT2D eigenvalue weighted by Gasteiger charge is -2.04. The number of pyridine rings is 1. The maximum atomic E-state index is 11.7. The van der Waals surface area contributed by atoms with Gasteiger partial charge in [-0.3, -0.25) is 14.8 Å². The molecular formula is C12H12N4O. The van der Waals surface area contributed by atoms with E-state index in [1.54, 1.807) is 30.7 Å². The Balaban J connectivity index is 1.98. The van der Waals surface area contributed by atoms with E-state index in [9.17, 15) is 4.79 Å². The van der Waals surface area contributed by atoms with Crippen molar-refractivity contribution in [2.75, 3.05) is 0 Å². The number of carbonyl (C=O) groups is 1. The summed E-state index contributed by atoms with van der Waals surface area (Å²) in [5, 5.41) is 2.74. The van der Waals surface area contributed by atoms with Gasteiger partial charge in [0, 0.05) is 18.1 Å². The van der Waals surface area contributed by atoms with Gasteiger partial charge in [0.25, 0.3) is 5.91 Å². The Morgan fingerprint density at radius 3 is 2.94 bits per heavy atom. The van der Waals surface area contributed by atoms with Crippen LogP contribution < -0.4 is 5.32 Å². The molecule has 0 bridgehead atoms. The minimum atomic E-state index is -0.209. The number of hydrogen-bond acceptors (Lipinski definition) is 4. The minimum absolute atomic E-state index is 0.209.